The zero-order valence-electron chi connectivity index (χ0n) is 16.6. The van der Waals surface area contributed by atoms with Crippen LogP contribution in [0, 0.1) is 0 Å². The zero-order chi connectivity index (χ0) is 18.8. The molecule has 5 heteroatoms. The number of hydrogen-bond donors (Lipinski definition) is 0. The van der Waals surface area contributed by atoms with Crippen molar-refractivity contribution in [2.75, 3.05) is 22.9 Å². The van der Waals surface area contributed by atoms with Gasteiger partial charge in [-0.1, -0.05) is 0 Å². The molecule has 2 aliphatic heterocycles. The molecule has 1 atom stereocenters. The topological polar surface area (TPSA) is 6.48 Å². The van der Waals surface area contributed by atoms with E-state index >= 15 is 0 Å². The van der Waals surface area contributed by atoms with E-state index in [1.54, 1.807) is 4.46 Å². The Hall–Kier alpha value is -0.711. The zero-order valence-corrected chi connectivity index (χ0v) is 22.3. The summed E-state index contributed by atoms with van der Waals surface area (Å²) in [7, 11) is 0. The minimum Gasteiger partial charge on any atom is -0.107 e. The van der Waals surface area contributed by atoms with Gasteiger partial charge in [0.15, 0.2) is 0 Å². The number of para-hydroxylation sites is 2. The number of fused-ring (bicyclic) bond motifs is 2. The van der Waals surface area contributed by atoms with Crippen LogP contribution in [-0.4, -0.2) is 49.0 Å². The molecule has 0 aliphatic carbocycles. The molecule has 148 valence electrons. The van der Waals surface area contributed by atoms with Gasteiger partial charge in [0, 0.05) is 0 Å². The standard InChI is InChI=1S/C23H26N2Se2.HI/c1-4-24-18(16-26-21-12-8-6-10-19(21)24)14-17(3)15-23-25(5-2)20-11-7-9-13-22(20)27-23;/h6-15,18H,4-5,16H2,1-3H3;1H. The maximum atomic E-state index is 2.58. The summed E-state index contributed by atoms with van der Waals surface area (Å²) < 4.78 is 4.56. The van der Waals surface area contributed by atoms with Gasteiger partial charge in [0.1, 0.15) is 0 Å². The number of anilines is 2. The molecular formula is C23H27IN2Se2. The average molecular weight is 616 g/mol. The second-order valence-electron chi connectivity index (χ2n) is 6.84. The van der Waals surface area contributed by atoms with Crippen LogP contribution in [0.15, 0.2) is 70.9 Å². The van der Waals surface area contributed by atoms with E-state index in [1.807, 2.05) is 0 Å². The fourth-order valence-corrected chi connectivity index (χ4v) is 8.81. The van der Waals surface area contributed by atoms with Crippen LogP contribution in [0.5, 0.6) is 0 Å². The summed E-state index contributed by atoms with van der Waals surface area (Å²) >= 11 is 0.981. The van der Waals surface area contributed by atoms with Gasteiger partial charge in [0.25, 0.3) is 0 Å². The Morgan fingerprint density at radius 3 is 2.39 bits per heavy atom. The first-order valence-corrected chi connectivity index (χ1v) is 13.4. The molecule has 0 N–H and O–H groups in total. The molecule has 2 aliphatic rings. The monoisotopic (exact) mass is 618 g/mol. The molecule has 0 fully saturated rings. The molecule has 2 heterocycles. The summed E-state index contributed by atoms with van der Waals surface area (Å²) in [5.41, 5.74) is 4.25. The van der Waals surface area contributed by atoms with Crippen LogP contribution in [0.1, 0.15) is 20.8 Å². The summed E-state index contributed by atoms with van der Waals surface area (Å²) in [5.74, 6) is 0. The largest absolute Gasteiger partial charge is 0.107 e. The number of halogens is 1. The van der Waals surface area contributed by atoms with E-state index in [9.17, 15) is 0 Å². The van der Waals surface area contributed by atoms with Crippen LogP contribution in [0.4, 0.5) is 11.4 Å². The number of allylic oxidation sites excluding steroid dienone is 2. The van der Waals surface area contributed by atoms with Gasteiger partial charge >= 0.3 is 176 Å². The van der Waals surface area contributed by atoms with Crippen molar-refractivity contribution >= 4 is 74.2 Å². The summed E-state index contributed by atoms with van der Waals surface area (Å²) in [5, 5.41) is 1.27. The van der Waals surface area contributed by atoms with Gasteiger partial charge in [-0.25, -0.2) is 0 Å². The molecule has 0 radical (unpaired) electrons. The van der Waals surface area contributed by atoms with Gasteiger partial charge in [-0.15, -0.1) is 24.0 Å². The summed E-state index contributed by atoms with van der Waals surface area (Å²) in [6.45, 7) is 8.92. The second kappa shape index (κ2) is 9.86. The molecule has 2 nitrogen and oxygen atoms in total. The quantitative estimate of drug-likeness (QED) is 0.380. The van der Waals surface area contributed by atoms with Crippen molar-refractivity contribution in [3.8, 4) is 0 Å². The van der Waals surface area contributed by atoms with Gasteiger partial charge in [0.2, 0.25) is 0 Å². The Bertz CT molecular complexity index is 894. The van der Waals surface area contributed by atoms with Crippen molar-refractivity contribution in [1.82, 2.24) is 0 Å². The average Bonchev–Trinajstić information content (AvgIpc) is 3.04. The number of nitrogens with zero attached hydrogens (tertiary/aromatic N) is 2. The van der Waals surface area contributed by atoms with Crippen LogP contribution in [0.3, 0.4) is 0 Å². The smallest absolute Gasteiger partial charge is 0.107 e. The number of likely N-dealkylation sites (N-methyl/N-ethyl adjacent to an activating group) is 1. The number of hydrogen-bond acceptors (Lipinski definition) is 2. The number of benzene rings is 2. The van der Waals surface area contributed by atoms with E-state index in [-0.39, 0.29) is 24.0 Å². The Labute approximate surface area is 198 Å². The van der Waals surface area contributed by atoms with Crippen molar-refractivity contribution in [2.45, 2.75) is 32.1 Å². The normalized spacial score (nSPS) is 20.0. The van der Waals surface area contributed by atoms with Crippen molar-refractivity contribution in [1.29, 1.82) is 0 Å². The fraction of sp³-hybridized carbons (Fsp3) is 0.304. The predicted molar refractivity (Wildman–Crippen MR) is 136 cm³/mol. The van der Waals surface area contributed by atoms with Gasteiger partial charge in [0.05, 0.1) is 0 Å². The van der Waals surface area contributed by atoms with Crippen LogP contribution >= 0.6 is 24.0 Å². The Morgan fingerprint density at radius 1 is 1.00 bits per heavy atom. The Balaban J connectivity index is 0.00000225. The first-order chi connectivity index (χ1) is 13.2. The summed E-state index contributed by atoms with van der Waals surface area (Å²) in [6, 6.07) is 18.4. The van der Waals surface area contributed by atoms with E-state index in [0.29, 0.717) is 36.0 Å². The summed E-state index contributed by atoms with van der Waals surface area (Å²) in [4.78, 5) is 5.07. The maximum Gasteiger partial charge on any atom is -0.107 e. The van der Waals surface area contributed by atoms with Crippen molar-refractivity contribution in [2.24, 2.45) is 0 Å². The molecule has 2 aromatic carbocycles. The molecule has 0 saturated heterocycles. The van der Waals surface area contributed by atoms with E-state index < -0.39 is 0 Å². The molecule has 0 spiro atoms. The van der Waals surface area contributed by atoms with Crippen molar-refractivity contribution in [3.05, 3.63) is 70.9 Å². The predicted octanol–water partition coefficient (Wildman–Crippen LogP) is 3.92. The van der Waals surface area contributed by atoms with E-state index in [2.05, 4.69) is 91.3 Å². The fourth-order valence-electron chi connectivity index (χ4n) is 3.84. The van der Waals surface area contributed by atoms with Crippen molar-refractivity contribution in [3.63, 3.8) is 0 Å². The van der Waals surface area contributed by atoms with E-state index in [0.717, 1.165) is 13.1 Å². The first kappa shape index (κ1) is 22.0. The maximum absolute atomic E-state index is 2.58. The van der Waals surface area contributed by atoms with Crippen molar-refractivity contribution < 1.29 is 0 Å². The summed E-state index contributed by atoms with van der Waals surface area (Å²) in [6.07, 6.45) is 4.94. The molecular weight excluding hydrogens is 589 g/mol. The van der Waals surface area contributed by atoms with Gasteiger partial charge in [-0.3, -0.25) is 0 Å². The van der Waals surface area contributed by atoms with E-state index in [4.69, 9.17) is 0 Å². The molecule has 28 heavy (non-hydrogen) atoms. The molecule has 2 aromatic rings. The molecule has 0 bridgehead atoms. The van der Waals surface area contributed by atoms with Crippen LogP contribution in [0.25, 0.3) is 0 Å². The molecule has 0 saturated carbocycles. The third kappa shape index (κ3) is 4.39. The third-order valence-corrected chi connectivity index (χ3v) is 9.86. The molecule has 0 aromatic heterocycles. The minimum atomic E-state index is 0. The molecule has 4 rings (SSSR count). The van der Waals surface area contributed by atoms with Crippen LogP contribution < -0.4 is 18.7 Å². The third-order valence-electron chi connectivity index (χ3n) is 5.08. The van der Waals surface area contributed by atoms with Crippen LogP contribution in [-0.2, 0) is 0 Å². The minimum absolute atomic E-state index is 0. The van der Waals surface area contributed by atoms with E-state index in [1.165, 1.54) is 31.3 Å². The Morgan fingerprint density at radius 2 is 1.68 bits per heavy atom. The Kier molecular flexibility index (Phi) is 7.74. The first-order valence-electron chi connectivity index (χ1n) is 9.64. The molecule has 0 amide bonds. The van der Waals surface area contributed by atoms with Gasteiger partial charge in [-0.2, -0.15) is 0 Å². The SMILES string of the molecule is CCN1C(=CC(C)=CC2C[Se]c3ccccc3N2CC)[Se]c2ccccc21.I. The van der Waals surface area contributed by atoms with Gasteiger partial charge < -0.3 is 0 Å². The number of rotatable bonds is 4. The molecule has 1 unspecified atom stereocenters. The van der Waals surface area contributed by atoms with Crippen LogP contribution in [0.2, 0.25) is 5.32 Å². The second-order valence-corrected chi connectivity index (χ2v) is 11.3. The van der Waals surface area contributed by atoms with Gasteiger partial charge in [-0.05, 0) is 0 Å².